The lowest BCUT2D eigenvalue weighted by Gasteiger charge is -2.48. The number of piperidine rings is 1. The van der Waals surface area contributed by atoms with E-state index in [2.05, 4.69) is 29.2 Å². The Bertz CT molecular complexity index is 876. The third kappa shape index (κ3) is 5.30. The Morgan fingerprint density at radius 1 is 1.19 bits per heavy atom. The van der Waals surface area contributed by atoms with Gasteiger partial charge in [-0.25, -0.2) is 4.98 Å². The molecule has 1 aromatic carbocycles. The quantitative estimate of drug-likeness (QED) is 0.648. The molecular weight excluding hydrogens is 404 g/mol. The van der Waals surface area contributed by atoms with Crippen LogP contribution in [0.2, 0.25) is 0 Å². The molecule has 0 aliphatic carbocycles. The van der Waals surface area contributed by atoms with Gasteiger partial charge in [0, 0.05) is 44.8 Å². The molecule has 1 aromatic heterocycles. The normalized spacial score (nSPS) is 22.8. The zero-order chi connectivity index (χ0) is 22.6. The smallest absolute Gasteiger partial charge is 0.255 e. The van der Waals surface area contributed by atoms with Crippen LogP contribution in [0.4, 0.5) is 0 Å². The molecule has 0 bridgehead atoms. The van der Waals surface area contributed by atoms with E-state index < -0.39 is 0 Å². The molecule has 2 saturated heterocycles. The lowest BCUT2D eigenvalue weighted by atomic mass is 9.80. The van der Waals surface area contributed by atoms with Crippen LogP contribution < -0.4 is 4.74 Å². The van der Waals surface area contributed by atoms with Crippen molar-refractivity contribution in [3.05, 3.63) is 59.8 Å². The summed E-state index contributed by atoms with van der Waals surface area (Å²) in [7, 11) is 0. The van der Waals surface area contributed by atoms with E-state index in [1.54, 1.807) is 18.3 Å². The standard InChI is InChI=1S/C26H34N2O4/c1-4-30-22-16-23(20-8-6-5-7-9-20)32-26(17-22)12-14-28(15-13-26)25(29)21-10-11-24(27-18-21)31-19(2)3/h5-11,18-19,22-23H,4,12-17H2,1-3H3/t22-,23-/m0/s1. The second kappa shape index (κ2) is 10.0. The van der Waals surface area contributed by atoms with E-state index in [1.165, 1.54) is 5.56 Å². The summed E-state index contributed by atoms with van der Waals surface area (Å²) in [5.41, 5.74) is 1.54. The summed E-state index contributed by atoms with van der Waals surface area (Å²) in [5.74, 6) is 0.555. The minimum Gasteiger partial charge on any atom is -0.475 e. The van der Waals surface area contributed by atoms with Crippen molar-refractivity contribution in [1.82, 2.24) is 9.88 Å². The van der Waals surface area contributed by atoms with E-state index in [-0.39, 0.29) is 29.8 Å². The fourth-order valence-corrected chi connectivity index (χ4v) is 4.81. The van der Waals surface area contributed by atoms with Crippen molar-refractivity contribution >= 4 is 5.91 Å². The van der Waals surface area contributed by atoms with E-state index in [9.17, 15) is 4.79 Å². The number of rotatable bonds is 6. The van der Waals surface area contributed by atoms with E-state index in [4.69, 9.17) is 14.2 Å². The molecule has 0 radical (unpaired) electrons. The van der Waals surface area contributed by atoms with Gasteiger partial charge in [-0.2, -0.15) is 0 Å². The van der Waals surface area contributed by atoms with Crippen LogP contribution in [0, 0.1) is 0 Å². The third-order valence-electron chi connectivity index (χ3n) is 6.34. The number of hydrogen-bond acceptors (Lipinski definition) is 5. The number of nitrogens with zero attached hydrogens (tertiary/aromatic N) is 2. The largest absolute Gasteiger partial charge is 0.475 e. The Hall–Kier alpha value is -2.44. The molecule has 6 nitrogen and oxygen atoms in total. The number of carbonyl (C=O) groups excluding carboxylic acids is 1. The molecule has 0 saturated carbocycles. The molecule has 0 N–H and O–H groups in total. The first-order valence-corrected chi connectivity index (χ1v) is 11.7. The van der Waals surface area contributed by atoms with Crippen LogP contribution in [0.25, 0.3) is 0 Å². The van der Waals surface area contributed by atoms with Crippen molar-refractivity contribution in [2.24, 2.45) is 0 Å². The van der Waals surface area contributed by atoms with Crippen LogP contribution >= 0.6 is 0 Å². The molecule has 2 aliphatic heterocycles. The molecule has 6 heteroatoms. The lowest BCUT2D eigenvalue weighted by molar-refractivity contribution is -0.190. The van der Waals surface area contributed by atoms with Crippen LogP contribution in [-0.2, 0) is 9.47 Å². The molecule has 2 aliphatic rings. The van der Waals surface area contributed by atoms with Crippen LogP contribution in [0.15, 0.2) is 48.7 Å². The first kappa shape index (κ1) is 22.7. The van der Waals surface area contributed by atoms with Crippen molar-refractivity contribution in [1.29, 1.82) is 0 Å². The van der Waals surface area contributed by atoms with E-state index >= 15 is 0 Å². The number of carbonyl (C=O) groups is 1. The van der Waals surface area contributed by atoms with Gasteiger partial charge in [-0.1, -0.05) is 30.3 Å². The van der Waals surface area contributed by atoms with Crippen LogP contribution in [0.3, 0.4) is 0 Å². The Kier molecular flexibility index (Phi) is 7.11. The van der Waals surface area contributed by atoms with Crippen LogP contribution in [0.5, 0.6) is 5.88 Å². The maximum absolute atomic E-state index is 13.0. The second-order valence-electron chi connectivity index (χ2n) is 9.06. The van der Waals surface area contributed by atoms with E-state index in [0.717, 1.165) is 25.7 Å². The van der Waals surface area contributed by atoms with Gasteiger partial charge in [-0.3, -0.25) is 4.79 Å². The Labute approximate surface area is 190 Å². The Morgan fingerprint density at radius 2 is 1.94 bits per heavy atom. The van der Waals surface area contributed by atoms with Gasteiger partial charge in [0.15, 0.2) is 0 Å². The molecule has 32 heavy (non-hydrogen) atoms. The SMILES string of the molecule is CCO[C@H]1C[C@@H](c2ccccc2)OC2(CCN(C(=O)c3ccc(OC(C)C)nc3)CC2)C1. The average molecular weight is 439 g/mol. The van der Waals surface area contributed by atoms with Crippen LogP contribution in [0.1, 0.15) is 68.5 Å². The predicted octanol–water partition coefficient (Wildman–Crippen LogP) is 4.80. The van der Waals surface area contributed by atoms with Gasteiger partial charge in [0.05, 0.1) is 29.5 Å². The van der Waals surface area contributed by atoms with Gasteiger partial charge in [0.25, 0.3) is 5.91 Å². The highest BCUT2D eigenvalue weighted by Gasteiger charge is 2.45. The van der Waals surface area contributed by atoms with Crippen molar-refractivity contribution in [3.63, 3.8) is 0 Å². The second-order valence-corrected chi connectivity index (χ2v) is 9.06. The number of pyridine rings is 1. The molecular formula is C26H34N2O4. The van der Waals surface area contributed by atoms with Gasteiger partial charge >= 0.3 is 0 Å². The van der Waals surface area contributed by atoms with Crippen molar-refractivity contribution in [2.45, 2.75) is 70.4 Å². The van der Waals surface area contributed by atoms with E-state index in [0.29, 0.717) is 31.1 Å². The zero-order valence-electron chi connectivity index (χ0n) is 19.3. The average Bonchev–Trinajstić information content (AvgIpc) is 2.80. The van der Waals surface area contributed by atoms with E-state index in [1.807, 2.05) is 31.7 Å². The highest BCUT2D eigenvalue weighted by molar-refractivity contribution is 5.94. The molecule has 1 spiro atoms. The molecule has 0 unspecified atom stereocenters. The first-order chi connectivity index (χ1) is 15.5. The monoisotopic (exact) mass is 438 g/mol. The molecule has 4 rings (SSSR count). The minimum absolute atomic E-state index is 0.0141. The molecule has 2 aromatic rings. The predicted molar refractivity (Wildman–Crippen MR) is 123 cm³/mol. The number of amides is 1. The zero-order valence-corrected chi connectivity index (χ0v) is 19.3. The number of benzene rings is 1. The van der Waals surface area contributed by atoms with Crippen LogP contribution in [-0.4, -0.2) is 53.3 Å². The molecule has 172 valence electrons. The maximum atomic E-state index is 13.0. The van der Waals surface area contributed by atoms with Gasteiger partial charge < -0.3 is 19.1 Å². The summed E-state index contributed by atoms with van der Waals surface area (Å²) in [5, 5.41) is 0. The summed E-state index contributed by atoms with van der Waals surface area (Å²) >= 11 is 0. The van der Waals surface area contributed by atoms with Crippen molar-refractivity contribution in [3.8, 4) is 5.88 Å². The van der Waals surface area contributed by atoms with Crippen molar-refractivity contribution < 1.29 is 19.0 Å². The van der Waals surface area contributed by atoms with Gasteiger partial charge in [0.1, 0.15) is 0 Å². The Morgan fingerprint density at radius 3 is 2.56 bits per heavy atom. The fraction of sp³-hybridized carbons (Fsp3) is 0.538. The third-order valence-corrected chi connectivity index (χ3v) is 6.34. The molecule has 3 heterocycles. The number of ether oxygens (including phenoxy) is 3. The van der Waals surface area contributed by atoms with Gasteiger partial charge in [-0.05, 0) is 45.2 Å². The van der Waals surface area contributed by atoms with Gasteiger partial charge in [-0.15, -0.1) is 0 Å². The highest BCUT2D eigenvalue weighted by Crippen LogP contribution is 2.44. The number of aromatic nitrogens is 1. The summed E-state index contributed by atoms with van der Waals surface area (Å²) < 4.78 is 18.4. The molecule has 2 fully saturated rings. The lowest BCUT2D eigenvalue weighted by Crippen LogP contribution is -2.52. The summed E-state index contributed by atoms with van der Waals surface area (Å²) in [4.78, 5) is 19.2. The number of hydrogen-bond donors (Lipinski definition) is 0. The molecule has 2 atom stereocenters. The topological polar surface area (TPSA) is 60.9 Å². The van der Waals surface area contributed by atoms with Crippen molar-refractivity contribution in [2.75, 3.05) is 19.7 Å². The summed E-state index contributed by atoms with van der Waals surface area (Å²) in [6, 6.07) is 14.0. The Balaban J connectivity index is 1.42. The number of likely N-dealkylation sites (tertiary alicyclic amines) is 1. The minimum atomic E-state index is -0.247. The first-order valence-electron chi connectivity index (χ1n) is 11.7. The van der Waals surface area contributed by atoms with Gasteiger partial charge in [0.2, 0.25) is 5.88 Å². The fourth-order valence-electron chi connectivity index (χ4n) is 4.81. The molecule has 1 amide bonds. The highest BCUT2D eigenvalue weighted by atomic mass is 16.5. The summed E-state index contributed by atoms with van der Waals surface area (Å²) in [6.07, 6.45) is 5.26. The maximum Gasteiger partial charge on any atom is 0.255 e. The summed E-state index contributed by atoms with van der Waals surface area (Å²) in [6.45, 7) is 8.00.